The molecule has 20 heavy (non-hydrogen) atoms. The van der Waals surface area contributed by atoms with E-state index in [0.717, 1.165) is 0 Å². The zero-order chi connectivity index (χ0) is 17.0. The van der Waals surface area contributed by atoms with E-state index in [1.54, 1.807) is 0 Å². The van der Waals surface area contributed by atoms with Gasteiger partial charge in [0.15, 0.2) is 0 Å². The summed E-state index contributed by atoms with van der Waals surface area (Å²) in [4.78, 5) is 0. The van der Waals surface area contributed by atoms with Crippen LogP contribution in [0.4, 0.5) is 57.1 Å². The van der Waals surface area contributed by atoms with E-state index in [-0.39, 0.29) is 0 Å². The van der Waals surface area contributed by atoms with Crippen LogP contribution in [-0.2, 0) is 0 Å². The topological polar surface area (TPSA) is 0 Å². The second kappa shape index (κ2) is 4.57. The van der Waals surface area contributed by atoms with Gasteiger partial charge in [0.1, 0.15) is 0 Å². The van der Waals surface area contributed by atoms with Gasteiger partial charge in [-0.05, 0) is 0 Å². The van der Waals surface area contributed by atoms with Crippen LogP contribution in [0.2, 0.25) is 0 Å². The molecular weight excluding hydrogens is 394 g/mol. The molecule has 0 aromatic heterocycles. The van der Waals surface area contributed by atoms with E-state index < -0.39 is 51.4 Å². The van der Waals surface area contributed by atoms with Crippen LogP contribution in [0.1, 0.15) is 0 Å². The molecule has 0 bridgehead atoms. The Kier molecular flexibility index (Phi) is 4.49. The van der Waals surface area contributed by atoms with Gasteiger partial charge in [-0.2, -0.15) is 0 Å². The summed E-state index contributed by atoms with van der Waals surface area (Å²) in [7, 11) is 0. The van der Waals surface area contributed by atoms with E-state index in [4.69, 9.17) is 0 Å². The third kappa shape index (κ3) is 2.45. The Hall–Kier alpha value is -0.352. The number of hydrogen-bond acceptors (Lipinski definition) is 0. The van der Waals surface area contributed by atoms with Gasteiger partial charge in [-0.1, -0.05) is 0 Å². The normalized spacial score (nSPS) is 16.5. The molecule has 0 aliphatic heterocycles. The maximum atomic E-state index is 12.5. The van der Waals surface area contributed by atoms with Crippen molar-refractivity contribution in [3.8, 4) is 0 Å². The monoisotopic (exact) mass is 394 g/mol. The van der Waals surface area contributed by atoms with Gasteiger partial charge in [0, 0.05) is 0 Å². The Morgan fingerprint density at radius 2 is 0.650 bits per heavy atom. The molecule has 0 unspecified atom stereocenters. The van der Waals surface area contributed by atoms with E-state index in [1.807, 2.05) is 0 Å². The number of halogens is 13. The Labute approximate surface area is 109 Å². The molecule has 0 saturated heterocycles. The first-order valence-corrected chi connectivity index (χ1v) is 4.87. The quantitative estimate of drug-likeness (QED) is 0.502. The van der Waals surface area contributed by atoms with Crippen molar-refractivity contribution in [3.05, 3.63) is 0 Å². The summed E-state index contributed by atoms with van der Waals surface area (Å²) in [5.41, 5.74) is 0. The molecule has 3 radical (unpaired) electrons. The van der Waals surface area contributed by atoms with Crippen LogP contribution in [0.3, 0.4) is 0 Å². The van der Waals surface area contributed by atoms with Crippen LogP contribution >= 0.6 is 0 Å². The molecule has 119 valence electrons. The third-order valence-corrected chi connectivity index (χ3v) is 2.51. The standard InChI is InChI=1S/C6AsF13/c7-5(16,17)3(12,13)1(8,9)2(10,11)4(14,15)6(18,19)20/q+1. The Morgan fingerprint density at radius 1 is 0.400 bits per heavy atom. The van der Waals surface area contributed by atoms with Gasteiger partial charge in [-0.15, -0.1) is 0 Å². The van der Waals surface area contributed by atoms with Crippen LogP contribution in [0.5, 0.6) is 0 Å². The molecule has 0 aliphatic carbocycles. The Balaban J connectivity index is 6.08. The van der Waals surface area contributed by atoms with Crippen LogP contribution in [0.25, 0.3) is 0 Å². The first kappa shape index (κ1) is 19.6. The summed E-state index contributed by atoms with van der Waals surface area (Å²) in [5, 5.41) is 0. The summed E-state index contributed by atoms with van der Waals surface area (Å²) >= 11 is -0.518. The first-order valence-electron chi connectivity index (χ1n) is 3.93. The zero-order valence-electron chi connectivity index (χ0n) is 8.36. The summed E-state index contributed by atoms with van der Waals surface area (Å²) in [6.07, 6.45) is -7.37. The minimum atomic E-state index is -7.81. The molecular formula is C6AsF13+. The zero-order valence-corrected chi connectivity index (χ0v) is 10.2. The fraction of sp³-hybridized carbons (Fsp3) is 1.00. The fourth-order valence-corrected chi connectivity index (χ4v) is 1.06. The second-order valence-electron chi connectivity index (χ2n) is 3.34. The molecule has 14 heteroatoms. The first-order chi connectivity index (χ1) is 8.25. The van der Waals surface area contributed by atoms with Gasteiger partial charge in [0.25, 0.3) is 0 Å². The third-order valence-electron chi connectivity index (χ3n) is 1.92. The van der Waals surface area contributed by atoms with E-state index in [9.17, 15) is 57.1 Å². The van der Waals surface area contributed by atoms with Crippen molar-refractivity contribution in [2.75, 3.05) is 0 Å². The molecule has 0 rings (SSSR count). The van der Waals surface area contributed by atoms with Gasteiger partial charge in [0.2, 0.25) is 0 Å². The van der Waals surface area contributed by atoms with E-state index in [0.29, 0.717) is 0 Å². The maximum absolute atomic E-state index is 12.5. The Bertz CT molecular complexity index is 324. The van der Waals surface area contributed by atoms with Crippen molar-refractivity contribution in [2.45, 2.75) is 34.6 Å². The fourth-order valence-electron chi connectivity index (χ4n) is 0.761. The van der Waals surface area contributed by atoms with Crippen molar-refractivity contribution in [3.63, 3.8) is 0 Å². The number of rotatable bonds is 4. The predicted molar refractivity (Wildman–Crippen MR) is 36.5 cm³/mol. The van der Waals surface area contributed by atoms with Crippen LogP contribution in [0, 0.1) is 0 Å². The SMILES string of the molecule is FC(F)(F)C(F)(F)C(F)(F)C(F)(F)C(F)(F)C(F)(F)[As+]. The number of alkyl halides is 13. The average Bonchev–Trinajstić information content (AvgIpc) is 2.12. The van der Waals surface area contributed by atoms with Crippen molar-refractivity contribution >= 4 is 16.9 Å². The molecule has 0 amide bonds. The van der Waals surface area contributed by atoms with Gasteiger partial charge in [-0.25, -0.2) is 0 Å². The van der Waals surface area contributed by atoms with Crippen molar-refractivity contribution in [1.82, 2.24) is 0 Å². The second-order valence-corrected chi connectivity index (χ2v) is 4.51. The molecule has 0 spiro atoms. The molecule has 0 N–H and O–H groups in total. The molecule has 0 aromatic carbocycles. The molecule has 0 aliphatic rings. The molecule has 0 heterocycles. The van der Waals surface area contributed by atoms with E-state index in [1.165, 1.54) is 0 Å². The van der Waals surface area contributed by atoms with Crippen molar-refractivity contribution in [2.24, 2.45) is 0 Å². The van der Waals surface area contributed by atoms with Crippen LogP contribution in [-0.4, -0.2) is 51.4 Å². The van der Waals surface area contributed by atoms with Crippen molar-refractivity contribution in [1.29, 1.82) is 0 Å². The molecule has 0 fully saturated rings. The molecule has 0 nitrogen and oxygen atoms in total. The van der Waals surface area contributed by atoms with Crippen molar-refractivity contribution < 1.29 is 57.1 Å². The van der Waals surface area contributed by atoms with Crippen LogP contribution in [0.15, 0.2) is 0 Å². The molecule has 0 aromatic rings. The van der Waals surface area contributed by atoms with Crippen LogP contribution < -0.4 is 0 Å². The number of hydrogen-bond donors (Lipinski definition) is 0. The Morgan fingerprint density at radius 3 is 0.850 bits per heavy atom. The summed E-state index contributed by atoms with van der Waals surface area (Å²) in [5.74, 6) is -30.3. The van der Waals surface area contributed by atoms with Gasteiger partial charge in [-0.3, -0.25) is 0 Å². The van der Waals surface area contributed by atoms with Gasteiger partial charge in [0.05, 0.1) is 0 Å². The average molecular weight is 394 g/mol. The molecule has 0 saturated carbocycles. The summed E-state index contributed by atoms with van der Waals surface area (Å²) < 4.78 is 152. The van der Waals surface area contributed by atoms with Gasteiger partial charge >= 0.3 is 109 Å². The van der Waals surface area contributed by atoms with Gasteiger partial charge < -0.3 is 0 Å². The summed E-state index contributed by atoms with van der Waals surface area (Å²) in [6, 6.07) is 0. The summed E-state index contributed by atoms with van der Waals surface area (Å²) in [6.45, 7) is 0. The predicted octanol–water partition coefficient (Wildman–Crippen LogP) is 3.85. The molecule has 0 atom stereocenters. The minimum absolute atomic E-state index is 0.518. The van der Waals surface area contributed by atoms with E-state index in [2.05, 4.69) is 0 Å². The van der Waals surface area contributed by atoms with E-state index >= 15 is 0 Å².